The summed E-state index contributed by atoms with van der Waals surface area (Å²) < 4.78 is 29.5. The van der Waals surface area contributed by atoms with E-state index in [1.165, 1.54) is 12.1 Å². The topological polar surface area (TPSA) is 58.5 Å². The molecule has 0 aliphatic rings. The van der Waals surface area contributed by atoms with Crippen molar-refractivity contribution in [3.05, 3.63) is 58.4 Å². The maximum Gasteiger partial charge on any atom is 0.387 e. The fourth-order valence-corrected chi connectivity index (χ4v) is 2.36. The van der Waals surface area contributed by atoms with Crippen molar-refractivity contribution >= 4 is 17.6 Å². The van der Waals surface area contributed by atoms with Gasteiger partial charge >= 0.3 is 6.61 Å². The molecule has 0 aliphatic heterocycles. The number of rotatable bonds is 6. The molecule has 0 saturated heterocycles. The van der Waals surface area contributed by atoms with Crippen LogP contribution in [0.2, 0.25) is 5.02 Å². The largest absolute Gasteiger partial charge is 0.434 e. The van der Waals surface area contributed by atoms with Gasteiger partial charge in [0.05, 0.1) is 12.2 Å². The van der Waals surface area contributed by atoms with Crippen molar-refractivity contribution in [3.8, 4) is 5.75 Å². The molecular weight excluding hydrogens is 350 g/mol. The number of aryl methyl sites for hydroxylation is 1. The first kappa shape index (κ1) is 18.9. The molecule has 0 bridgehead atoms. The molecule has 1 heterocycles. The Morgan fingerprint density at radius 2 is 2.04 bits per heavy atom. The molecule has 0 saturated carbocycles. The second-order valence-electron chi connectivity index (χ2n) is 5.18. The number of nitrogens with one attached hydrogen (secondary N) is 2. The minimum absolute atomic E-state index is 0.0722. The molecule has 8 heteroatoms. The van der Waals surface area contributed by atoms with Crippen LogP contribution in [0, 0.1) is 6.92 Å². The maximum absolute atomic E-state index is 12.5. The van der Waals surface area contributed by atoms with E-state index in [0.29, 0.717) is 23.1 Å². The highest BCUT2D eigenvalue weighted by atomic mass is 35.5. The molecule has 2 N–H and O–H groups in total. The van der Waals surface area contributed by atoms with E-state index in [1.807, 2.05) is 19.1 Å². The molecule has 25 heavy (non-hydrogen) atoms. The molecule has 0 atom stereocenters. The van der Waals surface area contributed by atoms with Gasteiger partial charge in [-0.25, -0.2) is 0 Å². The first-order valence-electron chi connectivity index (χ1n) is 7.58. The van der Waals surface area contributed by atoms with Gasteiger partial charge in [-0.3, -0.25) is 9.98 Å². The summed E-state index contributed by atoms with van der Waals surface area (Å²) in [5.41, 5.74) is 2.47. The van der Waals surface area contributed by atoms with Crippen LogP contribution in [0.1, 0.15) is 16.8 Å². The summed E-state index contributed by atoms with van der Waals surface area (Å²) in [4.78, 5) is 8.40. The summed E-state index contributed by atoms with van der Waals surface area (Å²) >= 11 is 5.94. The normalized spacial score (nSPS) is 11.5. The van der Waals surface area contributed by atoms with Gasteiger partial charge in [0, 0.05) is 30.4 Å². The van der Waals surface area contributed by atoms with E-state index in [1.54, 1.807) is 19.3 Å². The van der Waals surface area contributed by atoms with Crippen molar-refractivity contribution in [2.45, 2.75) is 26.6 Å². The highest BCUT2D eigenvalue weighted by Gasteiger charge is 2.11. The van der Waals surface area contributed by atoms with E-state index < -0.39 is 6.61 Å². The summed E-state index contributed by atoms with van der Waals surface area (Å²) in [6.07, 6.45) is 1.72. The van der Waals surface area contributed by atoms with Gasteiger partial charge in [-0.1, -0.05) is 17.7 Å². The first-order chi connectivity index (χ1) is 12.0. The van der Waals surface area contributed by atoms with Gasteiger partial charge < -0.3 is 15.4 Å². The van der Waals surface area contributed by atoms with Gasteiger partial charge in [-0.2, -0.15) is 8.78 Å². The van der Waals surface area contributed by atoms with Gasteiger partial charge in [-0.15, -0.1) is 0 Å². The monoisotopic (exact) mass is 368 g/mol. The second kappa shape index (κ2) is 9.17. The Balaban J connectivity index is 1.99. The summed E-state index contributed by atoms with van der Waals surface area (Å²) in [6.45, 7) is -0.212. The summed E-state index contributed by atoms with van der Waals surface area (Å²) in [6, 6.07) is 8.33. The predicted molar refractivity (Wildman–Crippen MR) is 94.1 cm³/mol. The molecule has 0 amide bonds. The molecule has 2 rings (SSSR count). The van der Waals surface area contributed by atoms with Gasteiger partial charge in [0.25, 0.3) is 0 Å². The molecular formula is C17H19ClF2N4O. The number of hydrogen-bond donors (Lipinski definition) is 2. The molecule has 134 valence electrons. The maximum atomic E-state index is 12.5. The Kier molecular flexibility index (Phi) is 6.94. The summed E-state index contributed by atoms with van der Waals surface area (Å²) in [7, 11) is 1.62. The first-order valence-corrected chi connectivity index (χ1v) is 7.95. The van der Waals surface area contributed by atoms with Gasteiger partial charge in [0.1, 0.15) is 5.75 Å². The average molecular weight is 369 g/mol. The van der Waals surface area contributed by atoms with Crippen LogP contribution >= 0.6 is 11.6 Å². The molecule has 0 radical (unpaired) electrons. The lowest BCUT2D eigenvalue weighted by Gasteiger charge is -2.15. The smallest absolute Gasteiger partial charge is 0.387 e. The molecule has 5 nitrogen and oxygen atoms in total. The minimum atomic E-state index is -2.90. The third kappa shape index (κ3) is 5.86. The lowest BCUT2D eigenvalue weighted by atomic mass is 10.2. The van der Waals surface area contributed by atoms with E-state index in [9.17, 15) is 8.78 Å². The van der Waals surface area contributed by atoms with Crippen molar-refractivity contribution in [1.82, 2.24) is 15.6 Å². The lowest BCUT2D eigenvalue weighted by Crippen LogP contribution is -2.36. The van der Waals surface area contributed by atoms with E-state index in [-0.39, 0.29) is 12.3 Å². The van der Waals surface area contributed by atoms with Crippen LogP contribution in [-0.4, -0.2) is 24.6 Å². The van der Waals surface area contributed by atoms with Crippen molar-refractivity contribution in [2.75, 3.05) is 7.05 Å². The van der Waals surface area contributed by atoms with Gasteiger partial charge in [0.2, 0.25) is 0 Å². The van der Waals surface area contributed by atoms with Crippen LogP contribution in [-0.2, 0) is 13.1 Å². The number of pyridine rings is 1. The fraction of sp³-hybridized carbons (Fsp3) is 0.294. The Bertz CT molecular complexity index is 740. The van der Waals surface area contributed by atoms with E-state index in [2.05, 4.69) is 25.3 Å². The van der Waals surface area contributed by atoms with Crippen LogP contribution in [0.15, 0.2) is 41.5 Å². The van der Waals surface area contributed by atoms with Crippen LogP contribution < -0.4 is 15.4 Å². The van der Waals surface area contributed by atoms with E-state index in [0.717, 1.165) is 11.3 Å². The summed E-state index contributed by atoms with van der Waals surface area (Å²) in [5, 5.41) is 6.61. The lowest BCUT2D eigenvalue weighted by molar-refractivity contribution is -0.0504. The minimum Gasteiger partial charge on any atom is -0.434 e. The Morgan fingerprint density at radius 3 is 2.72 bits per heavy atom. The number of ether oxygens (including phenoxy) is 1. The zero-order valence-electron chi connectivity index (χ0n) is 13.9. The van der Waals surface area contributed by atoms with Crippen LogP contribution in [0.5, 0.6) is 5.75 Å². The van der Waals surface area contributed by atoms with Crippen LogP contribution in [0.3, 0.4) is 0 Å². The SMILES string of the molecule is CN=C(NCc1cc(Cl)ccc1OC(F)F)NCc1ncccc1C. The number of benzene rings is 1. The molecule has 2 aromatic rings. The predicted octanol–water partition coefficient (Wildman–Crippen LogP) is 3.51. The Labute approximate surface area is 150 Å². The van der Waals surface area contributed by atoms with Crippen LogP contribution in [0.25, 0.3) is 0 Å². The van der Waals surface area contributed by atoms with Crippen LogP contribution in [0.4, 0.5) is 8.78 Å². The molecule has 0 aliphatic carbocycles. The molecule has 0 fully saturated rings. The number of aromatic nitrogens is 1. The fourth-order valence-electron chi connectivity index (χ4n) is 2.17. The zero-order valence-corrected chi connectivity index (χ0v) is 14.6. The average Bonchev–Trinajstić information content (AvgIpc) is 2.58. The highest BCUT2D eigenvalue weighted by Crippen LogP contribution is 2.24. The van der Waals surface area contributed by atoms with Gasteiger partial charge in [-0.05, 0) is 36.8 Å². The quantitative estimate of drug-likeness (QED) is 0.605. The third-order valence-corrected chi connectivity index (χ3v) is 3.68. The van der Waals surface area contributed by atoms with Crippen molar-refractivity contribution in [3.63, 3.8) is 0 Å². The third-order valence-electron chi connectivity index (χ3n) is 3.45. The molecule has 1 aromatic heterocycles. The molecule has 0 spiro atoms. The second-order valence-corrected chi connectivity index (χ2v) is 5.61. The van der Waals surface area contributed by atoms with Crippen molar-refractivity contribution in [1.29, 1.82) is 0 Å². The number of alkyl halides is 2. The Hall–Kier alpha value is -2.41. The number of halogens is 3. The van der Waals surface area contributed by atoms with Gasteiger partial charge in [0.15, 0.2) is 5.96 Å². The number of guanidine groups is 1. The van der Waals surface area contributed by atoms with E-state index >= 15 is 0 Å². The van der Waals surface area contributed by atoms with Crippen molar-refractivity contribution < 1.29 is 13.5 Å². The standard InChI is InChI=1S/C17H19ClF2N4O/c1-11-4-3-7-22-14(11)10-24-17(21-2)23-9-12-8-13(18)5-6-15(12)25-16(19)20/h3-8,16H,9-10H2,1-2H3,(H2,21,23,24). The molecule has 0 unspecified atom stereocenters. The highest BCUT2D eigenvalue weighted by molar-refractivity contribution is 6.30. The number of hydrogen-bond acceptors (Lipinski definition) is 3. The number of nitrogens with zero attached hydrogens (tertiary/aromatic N) is 2. The zero-order chi connectivity index (χ0) is 18.2. The van der Waals surface area contributed by atoms with Crippen molar-refractivity contribution in [2.24, 2.45) is 4.99 Å². The molecule has 1 aromatic carbocycles. The summed E-state index contributed by atoms with van der Waals surface area (Å²) in [5.74, 6) is 0.580. The Morgan fingerprint density at radius 1 is 1.28 bits per heavy atom. The van der Waals surface area contributed by atoms with E-state index in [4.69, 9.17) is 11.6 Å². The number of aliphatic imine (C=N–C) groups is 1.